The Bertz CT molecular complexity index is 450. The lowest BCUT2D eigenvalue weighted by Crippen LogP contribution is -2.32. The van der Waals surface area contributed by atoms with Crippen molar-refractivity contribution in [3.8, 4) is 0 Å². The molecule has 0 bridgehead atoms. The van der Waals surface area contributed by atoms with Crippen LogP contribution in [0.1, 0.15) is 51.7 Å². The van der Waals surface area contributed by atoms with Crippen LogP contribution in [0.5, 0.6) is 0 Å². The van der Waals surface area contributed by atoms with Crippen molar-refractivity contribution in [3.63, 3.8) is 0 Å². The molecular formula is C17H29N3O. The molecule has 0 atom stereocenters. The monoisotopic (exact) mass is 291 g/mol. The van der Waals surface area contributed by atoms with Gasteiger partial charge in [-0.2, -0.15) is 0 Å². The number of aliphatic imine (C=N–C) groups is 1. The minimum absolute atomic E-state index is 0.123. The molecule has 0 radical (unpaired) electrons. The molecule has 0 aliphatic heterocycles. The van der Waals surface area contributed by atoms with Crippen LogP contribution in [0.25, 0.3) is 0 Å². The van der Waals surface area contributed by atoms with Crippen molar-refractivity contribution in [2.75, 3.05) is 6.54 Å². The quantitative estimate of drug-likeness (QED) is 0.461. The van der Waals surface area contributed by atoms with E-state index in [2.05, 4.69) is 56.2 Å². The summed E-state index contributed by atoms with van der Waals surface area (Å²) in [6.45, 7) is 10.4. The van der Waals surface area contributed by atoms with Crippen LogP contribution in [0.3, 0.4) is 0 Å². The molecular weight excluding hydrogens is 262 g/mol. The summed E-state index contributed by atoms with van der Waals surface area (Å²) in [5.74, 6) is 0.514. The molecule has 0 spiro atoms. The maximum absolute atomic E-state index is 5.83. The van der Waals surface area contributed by atoms with Crippen molar-refractivity contribution >= 4 is 5.96 Å². The normalized spacial score (nSPS) is 12.5. The summed E-state index contributed by atoms with van der Waals surface area (Å²) in [4.78, 5) is 4.36. The van der Waals surface area contributed by atoms with Crippen molar-refractivity contribution in [1.29, 1.82) is 0 Å². The Balaban J connectivity index is 2.50. The molecule has 0 saturated heterocycles. The zero-order chi connectivity index (χ0) is 15.7. The lowest BCUT2D eigenvalue weighted by molar-refractivity contribution is -0.0149. The van der Waals surface area contributed by atoms with Gasteiger partial charge in [-0.3, -0.25) is 0 Å². The molecule has 0 saturated carbocycles. The molecule has 4 nitrogen and oxygen atoms in total. The molecule has 0 aliphatic rings. The summed E-state index contributed by atoms with van der Waals surface area (Å²) in [6, 6.07) is 8.28. The fraction of sp³-hybridized carbons (Fsp3) is 0.588. The van der Waals surface area contributed by atoms with Gasteiger partial charge in [-0.05, 0) is 38.3 Å². The van der Waals surface area contributed by atoms with Crippen LogP contribution in [0.15, 0.2) is 29.3 Å². The summed E-state index contributed by atoms with van der Waals surface area (Å²) in [5.41, 5.74) is 8.01. The van der Waals surface area contributed by atoms with Gasteiger partial charge >= 0.3 is 0 Å². The van der Waals surface area contributed by atoms with Crippen LogP contribution < -0.4 is 11.1 Å². The molecule has 0 amide bonds. The van der Waals surface area contributed by atoms with E-state index in [1.54, 1.807) is 0 Å². The number of benzene rings is 1. The molecule has 3 N–H and O–H groups in total. The maximum atomic E-state index is 5.83. The fourth-order valence-electron chi connectivity index (χ4n) is 1.74. The van der Waals surface area contributed by atoms with Gasteiger partial charge in [0.2, 0.25) is 0 Å². The van der Waals surface area contributed by atoms with Crippen LogP contribution in [0, 0.1) is 0 Å². The highest BCUT2D eigenvalue weighted by Crippen LogP contribution is 2.13. The van der Waals surface area contributed by atoms with Crippen LogP contribution >= 0.6 is 0 Å². The second kappa shape index (κ2) is 8.67. The number of rotatable bonds is 7. The molecule has 4 heteroatoms. The Labute approximate surface area is 128 Å². The molecule has 0 unspecified atom stereocenters. The van der Waals surface area contributed by atoms with Gasteiger partial charge in [0, 0.05) is 6.54 Å². The number of ether oxygens (including phenoxy) is 1. The third kappa shape index (κ3) is 8.35. The third-order valence-corrected chi connectivity index (χ3v) is 2.93. The number of hydrogen-bond donors (Lipinski definition) is 2. The van der Waals surface area contributed by atoms with Gasteiger partial charge in [0.25, 0.3) is 0 Å². The average molecular weight is 291 g/mol. The molecule has 0 heterocycles. The first-order valence-electron chi connectivity index (χ1n) is 7.66. The van der Waals surface area contributed by atoms with Crippen molar-refractivity contribution in [1.82, 2.24) is 5.32 Å². The number of nitrogens with two attached hydrogens (primary N) is 1. The number of nitrogens with zero attached hydrogens (tertiary/aromatic N) is 1. The summed E-state index contributed by atoms with van der Waals surface area (Å²) in [7, 11) is 0. The Morgan fingerprint density at radius 1 is 1.29 bits per heavy atom. The first kappa shape index (κ1) is 17.5. The topological polar surface area (TPSA) is 59.6 Å². The van der Waals surface area contributed by atoms with Crippen molar-refractivity contribution in [2.24, 2.45) is 10.7 Å². The minimum atomic E-state index is -0.123. The van der Waals surface area contributed by atoms with E-state index in [1.807, 2.05) is 6.07 Å². The molecule has 0 aliphatic carbocycles. The lowest BCUT2D eigenvalue weighted by atomic mass is 10.1. The van der Waals surface area contributed by atoms with Crippen molar-refractivity contribution in [3.05, 3.63) is 35.4 Å². The number of nitrogens with one attached hydrogen (secondary N) is 1. The van der Waals surface area contributed by atoms with E-state index in [4.69, 9.17) is 10.5 Å². The average Bonchev–Trinajstić information content (AvgIpc) is 2.43. The zero-order valence-electron chi connectivity index (χ0n) is 13.8. The van der Waals surface area contributed by atoms with Crippen LogP contribution in [-0.4, -0.2) is 18.1 Å². The lowest BCUT2D eigenvalue weighted by Gasteiger charge is -2.19. The van der Waals surface area contributed by atoms with Gasteiger partial charge < -0.3 is 15.8 Å². The summed E-state index contributed by atoms with van der Waals surface area (Å²) in [5, 5.41) is 3.12. The Kier molecular flexibility index (Phi) is 7.23. The smallest absolute Gasteiger partial charge is 0.188 e. The van der Waals surface area contributed by atoms with Crippen LogP contribution in [0.2, 0.25) is 0 Å². The SMILES string of the molecule is CCCCNC(N)=NCc1cccc(COC(C)(C)C)c1. The fourth-order valence-corrected chi connectivity index (χ4v) is 1.74. The number of unbranched alkanes of at least 4 members (excludes halogenated alkanes) is 1. The molecule has 21 heavy (non-hydrogen) atoms. The van der Waals surface area contributed by atoms with Gasteiger partial charge in [-0.1, -0.05) is 37.6 Å². The first-order valence-corrected chi connectivity index (χ1v) is 7.66. The number of guanidine groups is 1. The molecule has 118 valence electrons. The van der Waals surface area contributed by atoms with Crippen LogP contribution in [0.4, 0.5) is 0 Å². The third-order valence-electron chi connectivity index (χ3n) is 2.93. The summed E-state index contributed by atoms with van der Waals surface area (Å²) < 4.78 is 5.79. The second-order valence-corrected chi connectivity index (χ2v) is 6.20. The van der Waals surface area contributed by atoms with Gasteiger partial charge in [-0.15, -0.1) is 0 Å². The van der Waals surface area contributed by atoms with E-state index in [-0.39, 0.29) is 5.60 Å². The number of hydrogen-bond acceptors (Lipinski definition) is 2. The Morgan fingerprint density at radius 3 is 2.67 bits per heavy atom. The molecule has 1 aromatic rings. The van der Waals surface area contributed by atoms with Gasteiger partial charge in [0.1, 0.15) is 0 Å². The van der Waals surface area contributed by atoms with Gasteiger partial charge in [0.05, 0.1) is 18.8 Å². The zero-order valence-corrected chi connectivity index (χ0v) is 13.8. The first-order chi connectivity index (χ1) is 9.90. The highest BCUT2D eigenvalue weighted by Gasteiger charge is 2.09. The van der Waals surface area contributed by atoms with E-state index in [0.717, 1.165) is 30.5 Å². The molecule has 1 aromatic carbocycles. The summed E-state index contributed by atoms with van der Waals surface area (Å²) >= 11 is 0. The van der Waals surface area contributed by atoms with Crippen molar-refractivity contribution in [2.45, 2.75) is 59.3 Å². The van der Waals surface area contributed by atoms with Crippen molar-refractivity contribution < 1.29 is 4.74 Å². The Hall–Kier alpha value is -1.55. The predicted molar refractivity (Wildman–Crippen MR) is 89.2 cm³/mol. The maximum Gasteiger partial charge on any atom is 0.188 e. The second-order valence-electron chi connectivity index (χ2n) is 6.20. The highest BCUT2D eigenvalue weighted by molar-refractivity contribution is 5.77. The van der Waals surface area contributed by atoms with E-state index in [9.17, 15) is 0 Å². The van der Waals surface area contributed by atoms with E-state index in [1.165, 1.54) is 0 Å². The van der Waals surface area contributed by atoms with Gasteiger partial charge in [-0.25, -0.2) is 4.99 Å². The minimum Gasteiger partial charge on any atom is -0.371 e. The van der Waals surface area contributed by atoms with E-state index in [0.29, 0.717) is 19.1 Å². The van der Waals surface area contributed by atoms with Crippen LogP contribution in [-0.2, 0) is 17.9 Å². The standard InChI is InChI=1S/C17H29N3O/c1-5-6-10-19-16(18)20-12-14-8-7-9-15(11-14)13-21-17(2,3)4/h7-9,11H,5-6,10,12-13H2,1-4H3,(H3,18,19,20). The highest BCUT2D eigenvalue weighted by atomic mass is 16.5. The molecule has 0 fully saturated rings. The Morgan fingerprint density at radius 2 is 2.00 bits per heavy atom. The predicted octanol–water partition coefficient (Wildman–Crippen LogP) is 3.21. The van der Waals surface area contributed by atoms with E-state index < -0.39 is 0 Å². The van der Waals surface area contributed by atoms with E-state index >= 15 is 0 Å². The largest absolute Gasteiger partial charge is 0.371 e. The molecule has 0 aromatic heterocycles. The summed E-state index contributed by atoms with van der Waals surface area (Å²) in [6.07, 6.45) is 2.26. The molecule has 1 rings (SSSR count). The van der Waals surface area contributed by atoms with Gasteiger partial charge in [0.15, 0.2) is 5.96 Å².